The normalized spacial score (nSPS) is 11.6. The van der Waals surface area contributed by atoms with Crippen molar-refractivity contribution in [2.24, 2.45) is 0 Å². The molecule has 0 spiro atoms. The highest BCUT2D eigenvalue weighted by atomic mass is 16.6. The van der Waals surface area contributed by atoms with Crippen LogP contribution in [0.1, 0.15) is 32.1 Å². The molecule has 5 heteroatoms. The molecular weight excluding hydrogens is 256 g/mol. The maximum atomic E-state index is 11.7. The molecule has 1 heterocycles. The molecule has 2 aromatic rings. The van der Waals surface area contributed by atoms with Gasteiger partial charge in [-0.15, -0.1) is 0 Å². The minimum Gasteiger partial charge on any atom is -0.459 e. The Balaban J connectivity index is 2.16. The van der Waals surface area contributed by atoms with Crippen molar-refractivity contribution in [3.63, 3.8) is 0 Å². The summed E-state index contributed by atoms with van der Waals surface area (Å²) < 4.78 is 10.9. The summed E-state index contributed by atoms with van der Waals surface area (Å²) in [4.78, 5) is 11.7. The fourth-order valence-electron chi connectivity index (χ4n) is 2.01. The van der Waals surface area contributed by atoms with Gasteiger partial charge < -0.3 is 20.2 Å². The summed E-state index contributed by atoms with van der Waals surface area (Å²) >= 11 is 0. The number of fused-ring (bicyclic) bond motifs is 1. The van der Waals surface area contributed by atoms with Gasteiger partial charge in [0, 0.05) is 10.9 Å². The number of nitrogens with one attached hydrogen (secondary N) is 1. The summed E-state index contributed by atoms with van der Waals surface area (Å²) in [5, 5.41) is 3.65. The first-order chi connectivity index (χ1) is 9.28. The molecule has 1 aromatic carbocycles. The second kappa shape index (κ2) is 5.07. The Kier molecular flexibility index (Phi) is 3.61. The van der Waals surface area contributed by atoms with Crippen LogP contribution in [0.2, 0.25) is 0 Å². The van der Waals surface area contributed by atoms with Gasteiger partial charge >= 0.3 is 6.09 Å². The lowest BCUT2D eigenvalue weighted by molar-refractivity contribution is 0.0523. The number of furan rings is 1. The average molecular weight is 276 g/mol. The first-order valence-corrected chi connectivity index (χ1v) is 6.51. The lowest BCUT2D eigenvalue weighted by Crippen LogP contribution is -2.32. The van der Waals surface area contributed by atoms with Crippen LogP contribution in [-0.2, 0) is 11.3 Å². The minimum absolute atomic E-state index is 0.344. The second-order valence-electron chi connectivity index (χ2n) is 5.72. The molecule has 20 heavy (non-hydrogen) atoms. The highest BCUT2D eigenvalue weighted by molar-refractivity contribution is 5.91. The number of alkyl carbamates (subject to hydrolysis) is 1. The molecular formula is C15H20N2O3. The SMILES string of the molecule is Cc1oc2c(N)cccc2c1CNC(=O)OC(C)(C)C. The van der Waals surface area contributed by atoms with Crippen LogP contribution in [0.4, 0.5) is 10.5 Å². The van der Waals surface area contributed by atoms with E-state index in [-0.39, 0.29) is 0 Å². The number of anilines is 1. The number of nitrogens with two attached hydrogens (primary N) is 1. The van der Waals surface area contributed by atoms with E-state index in [0.29, 0.717) is 17.8 Å². The number of benzene rings is 1. The number of carbonyl (C=O) groups is 1. The molecule has 0 aliphatic carbocycles. The highest BCUT2D eigenvalue weighted by Crippen LogP contribution is 2.29. The van der Waals surface area contributed by atoms with Crippen LogP contribution in [-0.4, -0.2) is 11.7 Å². The van der Waals surface area contributed by atoms with E-state index in [1.54, 1.807) is 6.07 Å². The molecule has 3 N–H and O–H groups in total. The Hall–Kier alpha value is -2.17. The van der Waals surface area contributed by atoms with Crippen molar-refractivity contribution in [1.82, 2.24) is 5.32 Å². The van der Waals surface area contributed by atoms with Crippen molar-refractivity contribution in [3.05, 3.63) is 29.5 Å². The van der Waals surface area contributed by atoms with E-state index < -0.39 is 11.7 Å². The van der Waals surface area contributed by atoms with Gasteiger partial charge in [-0.3, -0.25) is 0 Å². The predicted molar refractivity (Wildman–Crippen MR) is 78.4 cm³/mol. The number of amides is 1. The number of carbonyl (C=O) groups excluding carboxylic acids is 1. The molecule has 2 rings (SSSR count). The number of hydrogen-bond acceptors (Lipinski definition) is 4. The lowest BCUT2D eigenvalue weighted by Gasteiger charge is -2.19. The standard InChI is InChI=1S/C15H20N2O3/c1-9-11(8-17-14(18)20-15(2,3)4)10-6-5-7-12(16)13(10)19-9/h5-7H,8,16H2,1-4H3,(H,17,18). The third kappa shape index (κ3) is 3.04. The van der Waals surface area contributed by atoms with E-state index >= 15 is 0 Å². The Bertz CT molecular complexity index is 638. The van der Waals surface area contributed by atoms with Crippen molar-refractivity contribution in [3.8, 4) is 0 Å². The zero-order valence-corrected chi connectivity index (χ0v) is 12.2. The van der Waals surface area contributed by atoms with Crippen molar-refractivity contribution in [1.29, 1.82) is 0 Å². The largest absolute Gasteiger partial charge is 0.459 e. The number of rotatable bonds is 2. The van der Waals surface area contributed by atoms with Crippen LogP contribution in [0.15, 0.2) is 22.6 Å². The van der Waals surface area contributed by atoms with E-state index in [2.05, 4.69) is 5.32 Å². The molecule has 0 fully saturated rings. The molecule has 0 bridgehead atoms. The Morgan fingerprint density at radius 3 is 2.75 bits per heavy atom. The van der Waals surface area contributed by atoms with Gasteiger partial charge in [-0.2, -0.15) is 0 Å². The molecule has 1 amide bonds. The van der Waals surface area contributed by atoms with E-state index in [4.69, 9.17) is 14.9 Å². The second-order valence-corrected chi connectivity index (χ2v) is 5.72. The highest BCUT2D eigenvalue weighted by Gasteiger charge is 2.18. The third-order valence-corrected chi connectivity index (χ3v) is 2.86. The fraction of sp³-hybridized carbons (Fsp3) is 0.400. The summed E-state index contributed by atoms with van der Waals surface area (Å²) in [6.45, 7) is 7.67. The van der Waals surface area contributed by atoms with E-state index in [9.17, 15) is 4.79 Å². The zero-order valence-electron chi connectivity index (χ0n) is 12.2. The number of nitrogen functional groups attached to an aromatic ring is 1. The zero-order chi connectivity index (χ0) is 14.9. The Morgan fingerprint density at radius 2 is 2.10 bits per heavy atom. The number of para-hydroxylation sites is 1. The lowest BCUT2D eigenvalue weighted by atomic mass is 10.1. The van der Waals surface area contributed by atoms with Gasteiger partial charge in [-0.1, -0.05) is 12.1 Å². The minimum atomic E-state index is -0.512. The summed E-state index contributed by atoms with van der Waals surface area (Å²) in [5.41, 5.74) is 7.53. The first kappa shape index (κ1) is 14.2. The molecule has 0 unspecified atom stereocenters. The predicted octanol–water partition coefficient (Wildman–Crippen LogP) is 3.35. The summed E-state index contributed by atoms with van der Waals surface area (Å²) in [6, 6.07) is 5.58. The average Bonchev–Trinajstić information content (AvgIpc) is 2.62. The quantitative estimate of drug-likeness (QED) is 0.824. The molecule has 0 atom stereocenters. The van der Waals surface area contributed by atoms with Crippen molar-refractivity contribution in [2.45, 2.75) is 39.8 Å². The fourth-order valence-corrected chi connectivity index (χ4v) is 2.01. The smallest absolute Gasteiger partial charge is 0.407 e. The van der Waals surface area contributed by atoms with Crippen molar-refractivity contribution >= 4 is 22.7 Å². The van der Waals surface area contributed by atoms with Gasteiger partial charge in [-0.05, 0) is 33.8 Å². The van der Waals surface area contributed by atoms with E-state index in [1.807, 2.05) is 39.8 Å². The van der Waals surface area contributed by atoms with Gasteiger partial charge in [0.05, 0.1) is 12.2 Å². The maximum absolute atomic E-state index is 11.7. The maximum Gasteiger partial charge on any atom is 0.407 e. The topological polar surface area (TPSA) is 77.5 Å². The van der Waals surface area contributed by atoms with Gasteiger partial charge in [0.1, 0.15) is 11.4 Å². The van der Waals surface area contributed by atoms with Crippen LogP contribution in [0, 0.1) is 6.92 Å². The van der Waals surface area contributed by atoms with Gasteiger partial charge in [0.2, 0.25) is 0 Å². The van der Waals surface area contributed by atoms with Crippen molar-refractivity contribution in [2.75, 3.05) is 5.73 Å². The van der Waals surface area contributed by atoms with Crippen LogP contribution in [0.5, 0.6) is 0 Å². The van der Waals surface area contributed by atoms with Crippen LogP contribution >= 0.6 is 0 Å². The van der Waals surface area contributed by atoms with Crippen LogP contribution < -0.4 is 11.1 Å². The summed E-state index contributed by atoms with van der Waals surface area (Å²) in [6.07, 6.45) is -0.449. The monoisotopic (exact) mass is 276 g/mol. The third-order valence-electron chi connectivity index (χ3n) is 2.86. The number of aryl methyl sites for hydroxylation is 1. The Labute approximate surface area is 118 Å². The van der Waals surface area contributed by atoms with Gasteiger partial charge in [0.25, 0.3) is 0 Å². The molecule has 0 radical (unpaired) electrons. The molecule has 0 saturated carbocycles. The van der Waals surface area contributed by atoms with Crippen LogP contribution in [0.25, 0.3) is 11.0 Å². The number of ether oxygens (including phenoxy) is 1. The molecule has 5 nitrogen and oxygen atoms in total. The summed E-state index contributed by atoms with van der Waals surface area (Å²) in [7, 11) is 0. The molecule has 1 aromatic heterocycles. The van der Waals surface area contributed by atoms with Crippen LogP contribution in [0.3, 0.4) is 0 Å². The number of hydrogen-bond donors (Lipinski definition) is 2. The molecule has 0 aliphatic heterocycles. The van der Waals surface area contributed by atoms with Gasteiger partial charge in [0.15, 0.2) is 5.58 Å². The van der Waals surface area contributed by atoms with Crippen molar-refractivity contribution < 1.29 is 13.9 Å². The van der Waals surface area contributed by atoms with E-state index in [0.717, 1.165) is 16.7 Å². The molecule has 0 aliphatic rings. The molecule has 108 valence electrons. The van der Waals surface area contributed by atoms with Gasteiger partial charge in [-0.25, -0.2) is 4.79 Å². The molecule has 0 saturated heterocycles. The first-order valence-electron chi connectivity index (χ1n) is 6.51. The summed E-state index contributed by atoms with van der Waals surface area (Å²) in [5.74, 6) is 0.744. The Morgan fingerprint density at radius 1 is 1.40 bits per heavy atom. The van der Waals surface area contributed by atoms with E-state index in [1.165, 1.54) is 0 Å².